The van der Waals surface area contributed by atoms with Crippen molar-refractivity contribution in [2.24, 2.45) is 0 Å². The third kappa shape index (κ3) is 2.88. The maximum atomic E-state index is 12.6. The van der Waals surface area contributed by atoms with E-state index in [1.165, 1.54) is 22.2 Å². The van der Waals surface area contributed by atoms with Gasteiger partial charge in [-0.1, -0.05) is 11.6 Å². The van der Waals surface area contributed by atoms with Crippen LogP contribution in [0.2, 0.25) is 0 Å². The number of benzene rings is 1. The lowest BCUT2D eigenvalue weighted by atomic mass is 9.94. The maximum absolute atomic E-state index is 12.6. The number of aryl methyl sites for hydroxylation is 1. The third-order valence-corrected chi connectivity index (χ3v) is 5.18. The fourth-order valence-electron chi connectivity index (χ4n) is 3.90. The van der Waals surface area contributed by atoms with Crippen LogP contribution in [0.25, 0.3) is 10.9 Å². The molecule has 3 heterocycles. The maximum Gasteiger partial charge on any atom is 0.251 e. The molecule has 0 aliphatic carbocycles. The lowest BCUT2D eigenvalue weighted by Crippen LogP contribution is -2.44. The topological polar surface area (TPSA) is 45.3 Å². The Kier molecular flexibility index (Phi) is 3.85. The highest BCUT2D eigenvalue weighted by Crippen LogP contribution is 2.30. The van der Waals surface area contributed by atoms with Gasteiger partial charge < -0.3 is 14.6 Å². The number of hydrogen-bond donors (Lipinski definition) is 1. The number of carbonyl (C=O) groups is 1. The van der Waals surface area contributed by atoms with Crippen molar-refractivity contribution in [3.8, 4) is 0 Å². The van der Waals surface area contributed by atoms with Crippen molar-refractivity contribution in [2.45, 2.75) is 44.6 Å². The zero-order valence-corrected chi connectivity index (χ0v) is 13.7. The van der Waals surface area contributed by atoms with Gasteiger partial charge in [-0.3, -0.25) is 4.79 Å². The first kappa shape index (κ1) is 14.8. The van der Waals surface area contributed by atoms with Gasteiger partial charge in [0.05, 0.1) is 0 Å². The normalized spacial score (nSPS) is 25.2. The average Bonchev–Trinajstić information content (AvgIpc) is 3.23. The number of H-pyrrole nitrogens is 1. The van der Waals surface area contributed by atoms with Crippen molar-refractivity contribution < 1.29 is 9.53 Å². The molecule has 0 saturated carbocycles. The van der Waals surface area contributed by atoms with E-state index in [0.29, 0.717) is 5.92 Å². The lowest BCUT2D eigenvalue weighted by molar-refractivity contribution is -0.142. The van der Waals surface area contributed by atoms with Gasteiger partial charge in [-0.15, -0.1) is 0 Å². The van der Waals surface area contributed by atoms with E-state index in [9.17, 15) is 4.79 Å². The second-order valence-corrected chi connectivity index (χ2v) is 6.94. The van der Waals surface area contributed by atoms with Gasteiger partial charge in [0, 0.05) is 36.8 Å². The van der Waals surface area contributed by atoms with Crippen LogP contribution in [0, 0.1) is 6.92 Å². The van der Waals surface area contributed by atoms with Gasteiger partial charge in [0.25, 0.3) is 5.91 Å². The second kappa shape index (κ2) is 6.00. The van der Waals surface area contributed by atoms with Gasteiger partial charge in [0.1, 0.15) is 6.10 Å². The minimum atomic E-state index is -0.195. The molecule has 4 nitrogen and oxygen atoms in total. The Hall–Kier alpha value is -1.81. The summed E-state index contributed by atoms with van der Waals surface area (Å²) in [6.07, 6.45) is 3.90. The van der Waals surface area contributed by atoms with Gasteiger partial charge in [-0.2, -0.15) is 0 Å². The Balaban J connectivity index is 1.52. The number of likely N-dealkylation sites (tertiary alicyclic amines) is 1. The third-order valence-electron chi connectivity index (χ3n) is 5.18. The number of fused-ring (bicyclic) bond motifs is 1. The molecule has 0 radical (unpaired) electrons. The molecule has 2 aliphatic heterocycles. The quantitative estimate of drug-likeness (QED) is 0.924. The summed E-state index contributed by atoms with van der Waals surface area (Å²) in [6, 6.07) is 8.75. The summed E-state index contributed by atoms with van der Waals surface area (Å²) in [4.78, 5) is 18.2. The van der Waals surface area contributed by atoms with Crippen LogP contribution in [-0.2, 0) is 9.53 Å². The van der Waals surface area contributed by atoms with Gasteiger partial charge in [-0.25, -0.2) is 0 Å². The smallest absolute Gasteiger partial charge is 0.251 e. The van der Waals surface area contributed by atoms with Crippen LogP contribution in [0.5, 0.6) is 0 Å². The number of amides is 1. The lowest BCUT2D eigenvalue weighted by Gasteiger charge is -2.33. The van der Waals surface area contributed by atoms with Crippen LogP contribution in [-0.4, -0.2) is 41.6 Å². The molecular formula is C19H24N2O2. The molecule has 4 rings (SSSR count). The van der Waals surface area contributed by atoms with Crippen LogP contribution < -0.4 is 0 Å². The van der Waals surface area contributed by atoms with Crippen molar-refractivity contribution in [1.29, 1.82) is 0 Å². The van der Waals surface area contributed by atoms with E-state index in [1.54, 1.807) is 0 Å². The Morgan fingerprint density at radius 1 is 1.26 bits per heavy atom. The zero-order valence-electron chi connectivity index (χ0n) is 13.7. The molecule has 1 aromatic heterocycles. The van der Waals surface area contributed by atoms with Crippen LogP contribution in [0.4, 0.5) is 0 Å². The molecule has 4 heteroatoms. The monoisotopic (exact) mass is 312 g/mol. The summed E-state index contributed by atoms with van der Waals surface area (Å²) < 4.78 is 5.57. The molecule has 122 valence electrons. The number of piperidine rings is 1. The molecule has 0 bridgehead atoms. The van der Waals surface area contributed by atoms with Gasteiger partial charge in [0.15, 0.2) is 0 Å². The predicted octanol–water partition coefficient (Wildman–Crippen LogP) is 3.36. The van der Waals surface area contributed by atoms with E-state index in [0.717, 1.165) is 45.4 Å². The van der Waals surface area contributed by atoms with Crippen LogP contribution in [0.1, 0.15) is 42.9 Å². The molecule has 2 saturated heterocycles. The first-order valence-electron chi connectivity index (χ1n) is 8.70. The Labute approximate surface area is 136 Å². The number of carbonyl (C=O) groups excluding carboxylic acids is 1. The molecule has 1 amide bonds. The van der Waals surface area contributed by atoms with Gasteiger partial charge in [-0.05, 0) is 56.2 Å². The largest absolute Gasteiger partial charge is 0.368 e. The summed E-state index contributed by atoms with van der Waals surface area (Å²) in [6.45, 7) is 4.53. The van der Waals surface area contributed by atoms with E-state index >= 15 is 0 Å². The van der Waals surface area contributed by atoms with E-state index in [-0.39, 0.29) is 12.0 Å². The Morgan fingerprint density at radius 3 is 3.00 bits per heavy atom. The number of aromatic nitrogens is 1. The molecule has 0 spiro atoms. The highest BCUT2D eigenvalue weighted by atomic mass is 16.5. The van der Waals surface area contributed by atoms with Crippen molar-refractivity contribution in [3.05, 3.63) is 35.5 Å². The van der Waals surface area contributed by atoms with Gasteiger partial charge >= 0.3 is 0 Å². The molecule has 1 N–H and O–H groups in total. The van der Waals surface area contributed by atoms with Gasteiger partial charge in [0.2, 0.25) is 0 Å². The SMILES string of the molecule is Cc1ccc2[nH]c(C3CCCN(C(=O)C4CCCO4)C3)cc2c1. The standard InChI is InChI=1S/C19H24N2O2/c1-13-6-7-16-15(10-13)11-17(20-16)14-4-2-8-21(12-14)19(22)18-5-3-9-23-18/h6-7,10-11,14,18,20H,2-5,8-9,12H2,1H3. The number of nitrogens with zero attached hydrogens (tertiary/aromatic N) is 1. The summed E-state index contributed by atoms with van der Waals surface area (Å²) in [5.74, 6) is 0.598. The van der Waals surface area contributed by atoms with E-state index < -0.39 is 0 Å². The first-order valence-corrected chi connectivity index (χ1v) is 8.70. The Bertz CT molecular complexity index is 715. The minimum Gasteiger partial charge on any atom is -0.368 e. The first-order chi connectivity index (χ1) is 11.2. The summed E-state index contributed by atoms with van der Waals surface area (Å²) in [5, 5.41) is 1.27. The number of hydrogen-bond acceptors (Lipinski definition) is 2. The second-order valence-electron chi connectivity index (χ2n) is 6.94. The van der Waals surface area contributed by atoms with Crippen molar-refractivity contribution in [3.63, 3.8) is 0 Å². The minimum absolute atomic E-state index is 0.194. The van der Waals surface area contributed by atoms with E-state index in [4.69, 9.17) is 4.74 Å². The van der Waals surface area contributed by atoms with E-state index in [1.807, 2.05) is 4.90 Å². The number of aromatic amines is 1. The number of ether oxygens (including phenoxy) is 1. The van der Waals surface area contributed by atoms with Crippen molar-refractivity contribution in [2.75, 3.05) is 19.7 Å². The average molecular weight is 312 g/mol. The molecule has 1 aromatic carbocycles. The van der Waals surface area contributed by atoms with Crippen LogP contribution in [0.3, 0.4) is 0 Å². The molecule has 2 aromatic rings. The fraction of sp³-hybridized carbons (Fsp3) is 0.526. The zero-order chi connectivity index (χ0) is 15.8. The predicted molar refractivity (Wildman–Crippen MR) is 90.6 cm³/mol. The molecule has 2 atom stereocenters. The Morgan fingerprint density at radius 2 is 2.17 bits per heavy atom. The molecule has 2 unspecified atom stereocenters. The summed E-state index contributed by atoms with van der Waals surface area (Å²) >= 11 is 0. The van der Waals surface area contributed by atoms with E-state index in [2.05, 4.69) is 36.2 Å². The molecule has 23 heavy (non-hydrogen) atoms. The van der Waals surface area contributed by atoms with Crippen molar-refractivity contribution >= 4 is 16.8 Å². The molecule has 2 aliphatic rings. The highest BCUT2D eigenvalue weighted by molar-refractivity contribution is 5.82. The fourth-order valence-corrected chi connectivity index (χ4v) is 3.90. The van der Waals surface area contributed by atoms with Crippen LogP contribution in [0.15, 0.2) is 24.3 Å². The summed E-state index contributed by atoms with van der Waals surface area (Å²) in [5.41, 5.74) is 3.73. The molecule has 2 fully saturated rings. The van der Waals surface area contributed by atoms with Crippen molar-refractivity contribution in [1.82, 2.24) is 9.88 Å². The van der Waals surface area contributed by atoms with Crippen LogP contribution >= 0.6 is 0 Å². The molecular weight excluding hydrogens is 288 g/mol. The summed E-state index contributed by atoms with van der Waals surface area (Å²) in [7, 11) is 0. The number of nitrogens with one attached hydrogen (secondary N) is 1. The number of rotatable bonds is 2. The highest BCUT2D eigenvalue weighted by Gasteiger charge is 2.32.